The Bertz CT molecular complexity index is 1160. The number of aryl methyl sites for hydroxylation is 2. The number of hydrogen-bond donors (Lipinski definition) is 1. The van der Waals surface area contributed by atoms with Crippen molar-refractivity contribution in [2.75, 3.05) is 16.2 Å². The maximum atomic E-state index is 13.4. The van der Waals surface area contributed by atoms with Gasteiger partial charge in [-0.1, -0.05) is 61.3 Å². The van der Waals surface area contributed by atoms with Crippen LogP contribution in [0.3, 0.4) is 0 Å². The van der Waals surface area contributed by atoms with Crippen molar-refractivity contribution < 1.29 is 13.2 Å². The summed E-state index contributed by atoms with van der Waals surface area (Å²) in [5, 5.41) is 3.23. The fraction of sp³-hybridized carbons (Fsp3) is 0.240. The smallest absolute Gasteiger partial charge is 0.264 e. The monoisotopic (exact) mass is 470 g/mol. The van der Waals surface area contributed by atoms with Crippen LogP contribution in [0.25, 0.3) is 0 Å². The first kappa shape index (κ1) is 23.8. The van der Waals surface area contributed by atoms with Crippen molar-refractivity contribution >= 4 is 38.9 Å². The van der Waals surface area contributed by atoms with E-state index in [0.29, 0.717) is 16.4 Å². The number of benzene rings is 3. The first-order chi connectivity index (χ1) is 15.3. The number of carbonyl (C=O) groups excluding carboxylic acids is 1. The second kappa shape index (κ2) is 10.7. The molecular weight excluding hydrogens is 444 g/mol. The van der Waals surface area contributed by atoms with Crippen LogP contribution in [0, 0.1) is 6.92 Å². The third kappa shape index (κ3) is 5.90. The lowest BCUT2D eigenvalue weighted by atomic mass is 10.1. The number of rotatable bonds is 9. The number of unbranched alkanes of at least 4 members (excludes halogenated alkanes) is 1. The van der Waals surface area contributed by atoms with Crippen LogP contribution in [0.5, 0.6) is 0 Å². The van der Waals surface area contributed by atoms with Crippen LogP contribution >= 0.6 is 11.6 Å². The molecular formula is C25H27ClN2O3S. The number of nitrogens with one attached hydrogen (secondary N) is 1. The molecule has 0 radical (unpaired) electrons. The van der Waals surface area contributed by atoms with Crippen LogP contribution < -0.4 is 9.62 Å². The lowest BCUT2D eigenvalue weighted by Gasteiger charge is -2.24. The van der Waals surface area contributed by atoms with Crippen molar-refractivity contribution in [2.24, 2.45) is 0 Å². The topological polar surface area (TPSA) is 66.5 Å². The van der Waals surface area contributed by atoms with Gasteiger partial charge in [0, 0.05) is 10.7 Å². The Morgan fingerprint density at radius 2 is 1.69 bits per heavy atom. The van der Waals surface area contributed by atoms with Gasteiger partial charge in [-0.25, -0.2) is 8.42 Å². The maximum Gasteiger partial charge on any atom is 0.264 e. The van der Waals surface area contributed by atoms with E-state index in [1.807, 2.05) is 31.2 Å². The van der Waals surface area contributed by atoms with E-state index in [0.717, 1.165) is 29.1 Å². The maximum absolute atomic E-state index is 13.4. The van der Waals surface area contributed by atoms with Crippen molar-refractivity contribution in [1.29, 1.82) is 0 Å². The molecule has 3 aromatic rings. The van der Waals surface area contributed by atoms with Crippen molar-refractivity contribution in [3.63, 3.8) is 0 Å². The normalized spacial score (nSPS) is 11.2. The standard InChI is InChI=1S/C25H27ClN2O3S/c1-3-4-8-20-12-14-21(15-13-20)27-25(29)18-28(22-16-11-19(2)24(26)17-22)32(30,31)23-9-6-5-7-10-23/h5-7,9-17H,3-4,8,18H2,1-2H3,(H,27,29). The van der Waals surface area contributed by atoms with Crippen molar-refractivity contribution in [1.82, 2.24) is 0 Å². The number of nitrogens with zero attached hydrogens (tertiary/aromatic N) is 1. The number of halogens is 1. The molecule has 0 spiro atoms. The lowest BCUT2D eigenvalue weighted by Crippen LogP contribution is -2.38. The molecule has 0 aliphatic heterocycles. The van der Waals surface area contributed by atoms with Crippen LogP contribution in [0.4, 0.5) is 11.4 Å². The predicted octanol–water partition coefficient (Wildman–Crippen LogP) is 5.83. The molecule has 0 fully saturated rings. The predicted molar refractivity (Wildman–Crippen MR) is 131 cm³/mol. The molecule has 1 amide bonds. The molecule has 0 saturated heterocycles. The second-order valence-corrected chi connectivity index (χ2v) is 9.88. The van der Waals surface area contributed by atoms with Crippen LogP contribution in [0.15, 0.2) is 77.7 Å². The molecule has 32 heavy (non-hydrogen) atoms. The summed E-state index contributed by atoms with van der Waals surface area (Å²) in [6.45, 7) is 3.60. The molecule has 3 aromatic carbocycles. The molecule has 0 heterocycles. The van der Waals surface area contributed by atoms with E-state index in [1.54, 1.807) is 36.4 Å². The Kier molecular flexibility index (Phi) is 7.94. The van der Waals surface area contributed by atoms with E-state index >= 15 is 0 Å². The van der Waals surface area contributed by atoms with Gasteiger partial charge in [-0.15, -0.1) is 0 Å². The van der Waals surface area contributed by atoms with Gasteiger partial charge < -0.3 is 5.32 Å². The molecule has 0 atom stereocenters. The van der Waals surface area contributed by atoms with Gasteiger partial charge >= 0.3 is 0 Å². The summed E-state index contributed by atoms with van der Waals surface area (Å²) in [5.41, 5.74) is 2.97. The minimum atomic E-state index is -3.97. The highest BCUT2D eigenvalue weighted by Crippen LogP contribution is 2.28. The highest BCUT2D eigenvalue weighted by atomic mass is 35.5. The largest absolute Gasteiger partial charge is 0.325 e. The quantitative estimate of drug-likeness (QED) is 0.428. The fourth-order valence-corrected chi connectivity index (χ4v) is 4.85. The highest BCUT2D eigenvalue weighted by molar-refractivity contribution is 7.92. The molecule has 0 unspecified atom stereocenters. The van der Waals surface area contributed by atoms with E-state index in [1.165, 1.54) is 17.7 Å². The molecule has 1 N–H and O–H groups in total. The average molecular weight is 471 g/mol. The number of carbonyl (C=O) groups is 1. The number of hydrogen-bond acceptors (Lipinski definition) is 3. The van der Waals surface area contributed by atoms with E-state index in [4.69, 9.17) is 11.6 Å². The van der Waals surface area contributed by atoms with Crippen LogP contribution in [-0.2, 0) is 21.2 Å². The van der Waals surface area contributed by atoms with E-state index < -0.39 is 15.9 Å². The summed E-state index contributed by atoms with van der Waals surface area (Å²) in [6.07, 6.45) is 3.21. The Morgan fingerprint density at radius 3 is 2.31 bits per heavy atom. The van der Waals surface area contributed by atoms with Gasteiger partial charge in [0.25, 0.3) is 10.0 Å². The zero-order valence-electron chi connectivity index (χ0n) is 18.2. The Labute approximate surface area is 195 Å². The molecule has 168 valence electrons. The van der Waals surface area contributed by atoms with Gasteiger partial charge in [-0.2, -0.15) is 0 Å². The highest BCUT2D eigenvalue weighted by Gasteiger charge is 2.27. The van der Waals surface area contributed by atoms with Crippen LogP contribution in [0.1, 0.15) is 30.9 Å². The molecule has 3 rings (SSSR count). The molecule has 7 heteroatoms. The van der Waals surface area contributed by atoms with Gasteiger partial charge in [0.1, 0.15) is 6.54 Å². The minimum Gasteiger partial charge on any atom is -0.325 e. The summed E-state index contributed by atoms with van der Waals surface area (Å²) >= 11 is 6.25. The van der Waals surface area contributed by atoms with Gasteiger partial charge in [-0.05, 0) is 67.3 Å². The number of sulfonamides is 1. The second-order valence-electron chi connectivity index (χ2n) is 7.61. The van der Waals surface area contributed by atoms with Gasteiger partial charge in [0.2, 0.25) is 5.91 Å². The van der Waals surface area contributed by atoms with Crippen molar-refractivity contribution in [3.05, 3.63) is 88.9 Å². The molecule has 0 saturated carbocycles. The Morgan fingerprint density at radius 1 is 1.00 bits per heavy atom. The first-order valence-electron chi connectivity index (χ1n) is 10.5. The minimum absolute atomic E-state index is 0.102. The number of anilines is 2. The molecule has 5 nitrogen and oxygen atoms in total. The summed E-state index contributed by atoms with van der Waals surface area (Å²) in [4.78, 5) is 12.9. The molecule has 0 bridgehead atoms. The number of amides is 1. The Hall–Kier alpha value is -2.83. The van der Waals surface area contributed by atoms with Crippen molar-refractivity contribution in [2.45, 2.75) is 38.0 Å². The summed E-state index contributed by atoms with van der Waals surface area (Å²) in [5.74, 6) is -0.442. The summed E-state index contributed by atoms with van der Waals surface area (Å²) in [6, 6.07) is 20.6. The Balaban J connectivity index is 1.85. The van der Waals surface area contributed by atoms with Crippen LogP contribution in [0.2, 0.25) is 5.02 Å². The first-order valence-corrected chi connectivity index (χ1v) is 12.4. The molecule has 0 aromatic heterocycles. The van der Waals surface area contributed by atoms with Crippen LogP contribution in [-0.4, -0.2) is 20.9 Å². The summed E-state index contributed by atoms with van der Waals surface area (Å²) in [7, 11) is -3.97. The molecule has 0 aliphatic rings. The third-order valence-electron chi connectivity index (χ3n) is 5.12. The van der Waals surface area contributed by atoms with Crippen molar-refractivity contribution in [3.8, 4) is 0 Å². The zero-order chi connectivity index (χ0) is 23.1. The average Bonchev–Trinajstić information content (AvgIpc) is 2.79. The fourth-order valence-electron chi connectivity index (χ4n) is 3.24. The van der Waals surface area contributed by atoms with Gasteiger partial charge in [0.15, 0.2) is 0 Å². The van der Waals surface area contributed by atoms with E-state index in [9.17, 15) is 13.2 Å². The molecule has 0 aliphatic carbocycles. The van der Waals surface area contributed by atoms with E-state index in [-0.39, 0.29) is 11.4 Å². The third-order valence-corrected chi connectivity index (χ3v) is 7.31. The SMILES string of the molecule is CCCCc1ccc(NC(=O)CN(c2ccc(C)c(Cl)c2)S(=O)(=O)c2ccccc2)cc1. The van der Waals surface area contributed by atoms with E-state index in [2.05, 4.69) is 12.2 Å². The zero-order valence-corrected chi connectivity index (χ0v) is 19.8. The summed E-state index contributed by atoms with van der Waals surface area (Å²) < 4.78 is 27.8. The lowest BCUT2D eigenvalue weighted by molar-refractivity contribution is -0.114. The van der Waals surface area contributed by atoms with Gasteiger partial charge in [0.05, 0.1) is 10.6 Å². The van der Waals surface area contributed by atoms with Gasteiger partial charge in [-0.3, -0.25) is 9.10 Å².